The number of aryl methyl sites for hydroxylation is 1. The van der Waals surface area contributed by atoms with Crippen molar-refractivity contribution >= 4 is 11.3 Å². The first-order valence-corrected chi connectivity index (χ1v) is 4.49. The lowest BCUT2D eigenvalue weighted by molar-refractivity contribution is 0.127. The number of rotatable bonds is 3. The molecule has 1 unspecified atom stereocenters. The zero-order valence-corrected chi connectivity index (χ0v) is 7.65. The van der Waals surface area contributed by atoms with Gasteiger partial charge >= 0.3 is 0 Å². The number of nitrogens with two attached hydrogens (primary N) is 1. The van der Waals surface area contributed by atoms with Crippen LogP contribution in [0.4, 0.5) is 0 Å². The molecule has 0 spiro atoms. The van der Waals surface area contributed by atoms with Crippen LogP contribution in [0.15, 0.2) is 11.4 Å². The number of thiophene rings is 1. The van der Waals surface area contributed by atoms with Crippen LogP contribution in [0.1, 0.15) is 23.3 Å². The van der Waals surface area contributed by atoms with E-state index in [-0.39, 0.29) is 0 Å². The Balaban J connectivity index is 2.67. The minimum atomic E-state index is 0.417. The summed E-state index contributed by atoms with van der Waals surface area (Å²) in [5, 5.41) is 2.09. The first-order valence-electron chi connectivity index (χ1n) is 3.61. The van der Waals surface area contributed by atoms with Gasteiger partial charge in [-0.3, -0.25) is 0 Å². The van der Waals surface area contributed by atoms with Gasteiger partial charge in [0.05, 0.1) is 6.61 Å². The van der Waals surface area contributed by atoms with Crippen molar-refractivity contribution in [2.75, 3.05) is 6.61 Å². The molecule has 0 fully saturated rings. The maximum absolute atomic E-state index is 4.99. The maximum atomic E-state index is 4.99. The normalized spacial score (nSPS) is 13.4. The fraction of sp³-hybridized carbons (Fsp3) is 0.500. The molecule has 0 aliphatic carbocycles. The summed E-state index contributed by atoms with van der Waals surface area (Å²) in [6.07, 6.45) is 0. The highest BCUT2D eigenvalue weighted by Gasteiger charge is 2.08. The third-order valence-electron chi connectivity index (χ3n) is 1.70. The van der Waals surface area contributed by atoms with Crippen molar-refractivity contribution < 1.29 is 4.84 Å². The third-order valence-corrected chi connectivity index (χ3v) is 2.95. The van der Waals surface area contributed by atoms with E-state index >= 15 is 0 Å². The topological polar surface area (TPSA) is 35.2 Å². The smallest absolute Gasteiger partial charge is 0.0753 e. The van der Waals surface area contributed by atoms with E-state index in [1.54, 1.807) is 11.3 Å². The van der Waals surface area contributed by atoms with E-state index in [1.807, 2.05) is 0 Å². The maximum Gasteiger partial charge on any atom is 0.0753 e. The van der Waals surface area contributed by atoms with Crippen LogP contribution in [-0.2, 0) is 4.84 Å². The molecule has 0 saturated carbocycles. The minimum Gasteiger partial charge on any atom is -0.304 e. The van der Waals surface area contributed by atoms with Gasteiger partial charge in [0.15, 0.2) is 0 Å². The van der Waals surface area contributed by atoms with Crippen molar-refractivity contribution in [1.29, 1.82) is 0 Å². The lowest BCUT2D eigenvalue weighted by Crippen LogP contribution is -2.07. The molecule has 11 heavy (non-hydrogen) atoms. The van der Waals surface area contributed by atoms with Crippen molar-refractivity contribution in [2.45, 2.75) is 19.8 Å². The molecular weight excluding hydrogens is 158 g/mol. The minimum absolute atomic E-state index is 0.417. The van der Waals surface area contributed by atoms with Crippen LogP contribution < -0.4 is 5.90 Å². The van der Waals surface area contributed by atoms with Crippen LogP contribution in [0.2, 0.25) is 0 Å². The van der Waals surface area contributed by atoms with Crippen LogP contribution in [0.5, 0.6) is 0 Å². The molecule has 2 nitrogen and oxygen atoms in total. The number of hydrogen-bond acceptors (Lipinski definition) is 3. The zero-order chi connectivity index (χ0) is 8.27. The summed E-state index contributed by atoms with van der Waals surface area (Å²) in [4.78, 5) is 5.96. The molecule has 0 bridgehead atoms. The largest absolute Gasteiger partial charge is 0.304 e. The molecule has 1 atom stereocenters. The molecule has 0 radical (unpaired) electrons. The van der Waals surface area contributed by atoms with Gasteiger partial charge in [0.1, 0.15) is 0 Å². The molecule has 0 saturated heterocycles. The summed E-state index contributed by atoms with van der Waals surface area (Å²) in [6, 6.07) is 2.12. The highest BCUT2D eigenvalue weighted by Crippen LogP contribution is 2.24. The predicted octanol–water partition coefficient (Wildman–Crippen LogP) is 2.05. The summed E-state index contributed by atoms with van der Waals surface area (Å²) in [6.45, 7) is 4.83. The Labute approximate surface area is 70.9 Å². The molecule has 1 heterocycles. The Hall–Kier alpha value is -0.380. The monoisotopic (exact) mass is 171 g/mol. The molecular formula is C8H13NOS. The van der Waals surface area contributed by atoms with E-state index in [0.717, 1.165) is 0 Å². The Bertz CT molecular complexity index is 222. The zero-order valence-electron chi connectivity index (χ0n) is 6.83. The molecule has 1 rings (SSSR count). The van der Waals surface area contributed by atoms with Crippen LogP contribution in [0, 0.1) is 6.92 Å². The fourth-order valence-corrected chi connectivity index (χ4v) is 2.08. The third kappa shape index (κ3) is 2.02. The lowest BCUT2D eigenvalue weighted by atomic mass is 10.1. The molecule has 1 aromatic heterocycles. The fourth-order valence-electron chi connectivity index (χ4n) is 1.11. The highest BCUT2D eigenvalue weighted by molar-refractivity contribution is 7.10. The van der Waals surface area contributed by atoms with Gasteiger partial charge < -0.3 is 4.84 Å². The molecule has 0 aliphatic heterocycles. The van der Waals surface area contributed by atoms with Crippen LogP contribution >= 0.6 is 11.3 Å². The molecule has 0 amide bonds. The van der Waals surface area contributed by atoms with Gasteiger partial charge in [-0.2, -0.15) is 0 Å². The summed E-state index contributed by atoms with van der Waals surface area (Å²) in [5.41, 5.74) is 1.33. The SMILES string of the molecule is Cc1ccsc1C(C)CON. The quantitative estimate of drug-likeness (QED) is 0.706. The van der Waals surface area contributed by atoms with Gasteiger partial charge in [0.25, 0.3) is 0 Å². The second-order valence-corrected chi connectivity index (χ2v) is 3.65. The van der Waals surface area contributed by atoms with Crippen LogP contribution in [-0.4, -0.2) is 6.61 Å². The van der Waals surface area contributed by atoms with Crippen molar-refractivity contribution in [2.24, 2.45) is 5.90 Å². The van der Waals surface area contributed by atoms with Crippen molar-refractivity contribution in [3.63, 3.8) is 0 Å². The van der Waals surface area contributed by atoms with Gasteiger partial charge in [0, 0.05) is 10.8 Å². The van der Waals surface area contributed by atoms with Crippen molar-refractivity contribution in [3.8, 4) is 0 Å². The van der Waals surface area contributed by atoms with E-state index in [0.29, 0.717) is 12.5 Å². The number of hydrogen-bond donors (Lipinski definition) is 1. The van der Waals surface area contributed by atoms with E-state index in [1.165, 1.54) is 10.4 Å². The molecule has 0 aliphatic rings. The Morgan fingerprint density at radius 3 is 2.91 bits per heavy atom. The Morgan fingerprint density at radius 2 is 2.45 bits per heavy atom. The lowest BCUT2D eigenvalue weighted by Gasteiger charge is -2.07. The van der Waals surface area contributed by atoms with Gasteiger partial charge in [-0.25, -0.2) is 5.90 Å². The summed E-state index contributed by atoms with van der Waals surface area (Å²) in [7, 11) is 0. The van der Waals surface area contributed by atoms with Gasteiger partial charge in [0.2, 0.25) is 0 Å². The van der Waals surface area contributed by atoms with Crippen molar-refractivity contribution in [1.82, 2.24) is 0 Å². The second kappa shape index (κ2) is 3.85. The van der Waals surface area contributed by atoms with E-state index in [4.69, 9.17) is 5.90 Å². The molecule has 62 valence electrons. The second-order valence-electron chi connectivity index (χ2n) is 2.70. The molecule has 1 aromatic rings. The first kappa shape index (κ1) is 8.71. The molecule has 3 heteroatoms. The summed E-state index contributed by atoms with van der Waals surface area (Å²) < 4.78 is 0. The van der Waals surface area contributed by atoms with E-state index in [9.17, 15) is 0 Å². The van der Waals surface area contributed by atoms with E-state index < -0.39 is 0 Å². The van der Waals surface area contributed by atoms with E-state index in [2.05, 4.69) is 30.1 Å². The summed E-state index contributed by atoms with van der Waals surface area (Å²) in [5.74, 6) is 5.41. The van der Waals surface area contributed by atoms with Crippen LogP contribution in [0.3, 0.4) is 0 Å². The average molecular weight is 171 g/mol. The van der Waals surface area contributed by atoms with Gasteiger partial charge in [-0.05, 0) is 23.9 Å². The van der Waals surface area contributed by atoms with Gasteiger partial charge in [-0.1, -0.05) is 6.92 Å². The van der Waals surface area contributed by atoms with Crippen molar-refractivity contribution in [3.05, 3.63) is 21.9 Å². The molecule has 0 aromatic carbocycles. The van der Waals surface area contributed by atoms with Gasteiger partial charge in [-0.15, -0.1) is 11.3 Å². The predicted molar refractivity (Wildman–Crippen MR) is 47.6 cm³/mol. The van der Waals surface area contributed by atoms with Crippen LogP contribution in [0.25, 0.3) is 0 Å². The average Bonchev–Trinajstić information content (AvgIpc) is 2.36. The standard InChI is InChI=1S/C8H13NOS/c1-6-3-4-11-8(6)7(2)5-10-9/h3-4,7H,5,9H2,1-2H3. The Morgan fingerprint density at radius 1 is 1.73 bits per heavy atom. The first-order chi connectivity index (χ1) is 5.25. The highest BCUT2D eigenvalue weighted by atomic mass is 32.1. The summed E-state index contributed by atoms with van der Waals surface area (Å²) >= 11 is 1.76. The molecule has 2 N–H and O–H groups in total. The Kier molecular flexibility index (Phi) is 3.05.